The van der Waals surface area contributed by atoms with Crippen LogP contribution < -0.4 is 10.6 Å². The summed E-state index contributed by atoms with van der Waals surface area (Å²) < 4.78 is 0. The Morgan fingerprint density at radius 3 is 2.68 bits per heavy atom. The van der Waals surface area contributed by atoms with Crippen molar-refractivity contribution in [1.29, 1.82) is 0 Å². The van der Waals surface area contributed by atoms with Crippen molar-refractivity contribution in [1.82, 2.24) is 10.2 Å². The van der Waals surface area contributed by atoms with Gasteiger partial charge >= 0.3 is 0 Å². The number of nitrogens with one attached hydrogen (secondary N) is 2. The van der Waals surface area contributed by atoms with Crippen LogP contribution in [0.15, 0.2) is 18.2 Å². The lowest BCUT2D eigenvalue weighted by molar-refractivity contribution is 0.0938. The van der Waals surface area contributed by atoms with E-state index in [9.17, 15) is 4.79 Å². The lowest BCUT2D eigenvalue weighted by Crippen LogP contribution is -2.42. The van der Waals surface area contributed by atoms with Crippen molar-refractivity contribution in [2.45, 2.75) is 52.6 Å². The Bertz CT molecular complexity index is 503. The van der Waals surface area contributed by atoms with E-state index < -0.39 is 0 Å². The number of anilines is 1. The van der Waals surface area contributed by atoms with Gasteiger partial charge in [-0.2, -0.15) is 0 Å². The van der Waals surface area contributed by atoms with Gasteiger partial charge in [-0.1, -0.05) is 6.07 Å². The maximum Gasteiger partial charge on any atom is 0.251 e. The molecule has 2 rings (SSSR count). The Kier molecular flexibility index (Phi) is 5.83. The molecule has 1 aliphatic heterocycles. The number of amides is 1. The van der Waals surface area contributed by atoms with Crippen molar-refractivity contribution in [3.63, 3.8) is 0 Å². The number of carbonyl (C=O) groups is 1. The van der Waals surface area contributed by atoms with E-state index >= 15 is 0 Å². The van der Waals surface area contributed by atoms with Crippen LogP contribution in [-0.2, 0) is 6.42 Å². The molecule has 0 fully saturated rings. The lowest BCUT2D eigenvalue weighted by atomic mass is 9.97. The van der Waals surface area contributed by atoms with Crippen LogP contribution in [0.4, 0.5) is 5.69 Å². The third-order valence-electron chi connectivity index (χ3n) is 4.32. The zero-order valence-corrected chi connectivity index (χ0v) is 14.3. The number of fused-ring (bicyclic) bond motifs is 1. The molecule has 1 aliphatic rings. The van der Waals surface area contributed by atoms with Crippen LogP contribution in [0.5, 0.6) is 0 Å². The summed E-state index contributed by atoms with van der Waals surface area (Å²) in [4.78, 5) is 14.9. The molecule has 0 aliphatic carbocycles. The normalized spacial score (nSPS) is 14.1. The standard InChI is InChI=1S/C18H29N3O/c1-13(2)21(14(3)4)12-11-20-18(22)16-7-5-9-17-15(16)8-6-10-19-17/h5,7,9,13-14,19H,6,8,10-12H2,1-4H3,(H,20,22). The minimum absolute atomic E-state index is 0.0491. The highest BCUT2D eigenvalue weighted by atomic mass is 16.1. The van der Waals surface area contributed by atoms with E-state index in [4.69, 9.17) is 0 Å². The summed E-state index contributed by atoms with van der Waals surface area (Å²) in [6.07, 6.45) is 2.07. The van der Waals surface area contributed by atoms with E-state index in [1.807, 2.05) is 12.1 Å². The summed E-state index contributed by atoms with van der Waals surface area (Å²) in [5.41, 5.74) is 3.10. The quantitative estimate of drug-likeness (QED) is 0.849. The van der Waals surface area contributed by atoms with Gasteiger partial charge in [-0.3, -0.25) is 9.69 Å². The van der Waals surface area contributed by atoms with Crippen LogP contribution in [0.1, 0.15) is 50.0 Å². The van der Waals surface area contributed by atoms with Gasteiger partial charge < -0.3 is 10.6 Å². The first-order valence-corrected chi connectivity index (χ1v) is 8.40. The third kappa shape index (κ3) is 4.01. The Morgan fingerprint density at radius 2 is 2.00 bits per heavy atom. The number of rotatable bonds is 6. The fourth-order valence-corrected chi connectivity index (χ4v) is 3.23. The summed E-state index contributed by atoms with van der Waals surface area (Å²) in [6.45, 7) is 11.3. The average Bonchev–Trinajstić information content (AvgIpc) is 2.50. The fourth-order valence-electron chi connectivity index (χ4n) is 3.23. The smallest absolute Gasteiger partial charge is 0.251 e. The molecule has 0 aromatic heterocycles. The lowest BCUT2D eigenvalue weighted by Gasteiger charge is -2.30. The molecule has 0 saturated carbocycles. The molecule has 122 valence electrons. The minimum atomic E-state index is 0.0491. The van der Waals surface area contributed by atoms with Gasteiger partial charge in [-0.25, -0.2) is 0 Å². The van der Waals surface area contributed by atoms with Crippen LogP contribution in [0.3, 0.4) is 0 Å². The molecule has 4 nitrogen and oxygen atoms in total. The van der Waals surface area contributed by atoms with Gasteiger partial charge in [0.1, 0.15) is 0 Å². The molecule has 0 bridgehead atoms. The topological polar surface area (TPSA) is 44.4 Å². The third-order valence-corrected chi connectivity index (χ3v) is 4.32. The van der Waals surface area contributed by atoms with Crippen molar-refractivity contribution in [2.24, 2.45) is 0 Å². The fraction of sp³-hybridized carbons (Fsp3) is 0.611. The average molecular weight is 303 g/mol. The van der Waals surface area contributed by atoms with Crippen molar-refractivity contribution < 1.29 is 4.79 Å². The van der Waals surface area contributed by atoms with Gasteiger partial charge in [0, 0.05) is 43.0 Å². The van der Waals surface area contributed by atoms with E-state index in [0.29, 0.717) is 18.6 Å². The predicted octanol–water partition coefficient (Wildman–Crippen LogP) is 2.89. The minimum Gasteiger partial charge on any atom is -0.385 e. The molecule has 1 heterocycles. The molecule has 0 spiro atoms. The maximum absolute atomic E-state index is 12.5. The molecular formula is C18H29N3O. The van der Waals surface area contributed by atoms with Crippen molar-refractivity contribution in [2.75, 3.05) is 25.0 Å². The zero-order valence-electron chi connectivity index (χ0n) is 14.3. The van der Waals surface area contributed by atoms with Gasteiger partial charge in [0.05, 0.1) is 0 Å². The molecule has 0 unspecified atom stereocenters. The van der Waals surface area contributed by atoms with Crippen LogP contribution in [0, 0.1) is 0 Å². The molecule has 4 heteroatoms. The van der Waals surface area contributed by atoms with E-state index in [0.717, 1.165) is 42.7 Å². The van der Waals surface area contributed by atoms with Crippen LogP contribution in [0.2, 0.25) is 0 Å². The van der Waals surface area contributed by atoms with Crippen LogP contribution in [0.25, 0.3) is 0 Å². The highest BCUT2D eigenvalue weighted by molar-refractivity contribution is 5.97. The number of hydrogen-bond donors (Lipinski definition) is 2. The molecule has 0 radical (unpaired) electrons. The Morgan fingerprint density at radius 1 is 1.27 bits per heavy atom. The largest absolute Gasteiger partial charge is 0.385 e. The zero-order chi connectivity index (χ0) is 16.1. The second-order valence-electron chi connectivity index (χ2n) is 6.54. The number of benzene rings is 1. The van der Waals surface area contributed by atoms with Gasteiger partial charge in [0.15, 0.2) is 0 Å². The molecule has 22 heavy (non-hydrogen) atoms. The van der Waals surface area contributed by atoms with Crippen molar-refractivity contribution in [3.8, 4) is 0 Å². The number of carbonyl (C=O) groups excluding carboxylic acids is 1. The van der Waals surface area contributed by atoms with E-state index in [1.165, 1.54) is 0 Å². The Hall–Kier alpha value is -1.55. The first-order valence-electron chi connectivity index (χ1n) is 8.40. The maximum atomic E-state index is 12.5. The first kappa shape index (κ1) is 16.8. The summed E-state index contributed by atoms with van der Waals surface area (Å²) in [6, 6.07) is 6.94. The SMILES string of the molecule is CC(C)N(CCNC(=O)c1cccc2c1CCCN2)C(C)C. The number of nitrogens with zero attached hydrogens (tertiary/aromatic N) is 1. The molecule has 1 aromatic rings. The first-order chi connectivity index (χ1) is 10.5. The second-order valence-corrected chi connectivity index (χ2v) is 6.54. The number of hydrogen-bond acceptors (Lipinski definition) is 3. The molecule has 0 atom stereocenters. The van der Waals surface area contributed by atoms with E-state index in [1.54, 1.807) is 0 Å². The van der Waals surface area contributed by atoms with Gasteiger partial charge in [-0.05, 0) is 58.2 Å². The van der Waals surface area contributed by atoms with Gasteiger partial charge in [-0.15, -0.1) is 0 Å². The van der Waals surface area contributed by atoms with Crippen molar-refractivity contribution in [3.05, 3.63) is 29.3 Å². The van der Waals surface area contributed by atoms with E-state index in [2.05, 4.69) is 49.3 Å². The summed E-state index contributed by atoms with van der Waals surface area (Å²) in [5.74, 6) is 0.0491. The van der Waals surface area contributed by atoms with E-state index in [-0.39, 0.29) is 5.91 Å². The van der Waals surface area contributed by atoms with Crippen LogP contribution in [-0.4, -0.2) is 42.5 Å². The summed E-state index contributed by atoms with van der Waals surface area (Å²) in [7, 11) is 0. The molecule has 1 amide bonds. The summed E-state index contributed by atoms with van der Waals surface area (Å²) in [5, 5.41) is 6.45. The molecule has 1 aromatic carbocycles. The van der Waals surface area contributed by atoms with Crippen molar-refractivity contribution >= 4 is 11.6 Å². The van der Waals surface area contributed by atoms with Gasteiger partial charge in [0.2, 0.25) is 0 Å². The summed E-state index contributed by atoms with van der Waals surface area (Å²) >= 11 is 0. The predicted molar refractivity (Wildman–Crippen MR) is 92.6 cm³/mol. The highest BCUT2D eigenvalue weighted by Crippen LogP contribution is 2.25. The second kappa shape index (κ2) is 7.63. The molecule has 2 N–H and O–H groups in total. The Balaban J connectivity index is 1.96. The van der Waals surface area contributed by atoms with Gasteiger partial charge in [0.25, 0.3) is 5.91 Å². The Labute approximate surface area is 134 Å². The highest BCUT2D eigenvalue weighted by Gasteiger charge is 2.18. The monoisotopic (exact) mass is 303 g/mol. The molecular weight excluding hydrogens is 274 g/mol. The molecule has 0 saturated heterocycles. The van der Waals surface area contributed by atoms with Crippen LogP contribution >= 0.6 is 0 Å².